The highest BCUT2D eigenvalue weighted by molar-refractivity contribution is 7.09. The van der Waals surface area contributed by atoms with Gasteiger partial charge < -0.3 is 11.1 Å². The fraction of sp³-hybridized carbons (Fsp3) is 0.714. The van der Waals surface area contributed by atoms with Crippen molar-refractivity contribution in [2.45, 2.75) is 64.0 Å². The maximum atomic E-state index is 12.2. The summed E-state index contributed by atoms with van der Waals surface area (Å²) in [4.78, 5) is 16.8. The number of thiazole rings is 1. The lowest BCUT2D eigenvalue weighted by Gasteiger charge is -2.29. The monoisotopic (exact) mass is 353 g/mol. The molecule has 0 aliphatic heterocycles. The first kappa shape index (κ1) is 20.6. The van der Waals surface area contributed by atoms with Crippen LogP contribution in [0.1, 0.15) is 56.2 Å². The molecule has 1 atom stereocenters. The van der Waals surface area contributed by atoms with E-state index in [2.05, 4.69) is 10.3 Å². The van der Waals surface area contributed by atoms with Crippen molar-refractivity contribution >= 4 is 42.1 Å². The number of nitrogens with one attached hydrogen (secondary N) is 1. The van der Waals surface area contributed by atoms with Crippen molar-refractivity contribution < 1.29 is 4.79 Å². The van der Waals surface area contributed by atoms with Gasteiger partial charge in [-0.15, -0.1) is 36.2 Å². The molecule has 4 nitrogen and oxygen atoms in total. The van der Waals surface area contributed by atoms with Crippen molar-refractivity contribution in [1.29, 1.82) is 0 Å². The molecule has 1 saturated carbocycles. The average Bonchev–Trinajstić information content (AvgIpc) is 2.99. The lowest BCUT2D eigenvalue weighted by Crippen LogP contribution is -2.50. The first-order valence-electron chi connectivity index (χ1n) is 7.07. The van der Waals surface area contributed by atoms with Crippen molar-refractivity contribution in [2.75, 3.05) is 0 Å². The predicted molar refractivity (Wildman–Crippen MR) is 92.5 cm³/mol. The molecule has 1 aliphatic rings. The molecule has 0 bridgehead atoms. The second-order valence-corrected chi connectivity index (χ2v) is 6.33. The van der Waals surface area contributed by atoms with Gasteiger partial charge >= 0.3 is 0 Å². The lowest BCUT2D eigenvalue weighted by atomic mass is 9.97. The number of rotatable bonds is 5. The van der Waals surface area contributed by atoms with Crippen LogP contribution in [0.4, 0.5) is 0 Å². The van der Waals surface area contributed by atoms with E-state index in [-0.39, 0.29) is 36.3 Å². The van der Waals surface area contributed by atoms with E-state index in [9.17, 15) is 4.79 Å². The minimum absolute atomic E-state index is 0. The summed E-state index contributed by atoms with van der Waals surface area (Å²) in [6, 6.07) is -0.400. The van der Waals surface area contributed by atoms with E-state index in [1.807, 2.05) is 19.2 Å². The fourth-order valence-electron chi connectivity index (χ4n) is 2.72. The maximum absolute atomic E-state index is 12.2. The number of carbonyl (C=O) groups excluding carboxylic acids is 1. The molecule has 0 aromatic carbocycles. The van der Waals surface area contributed by atoms with Gasteiger partial charge in [0.25, 0.3) is 0 Å². The number of hydrogen-bond donors (Lipinski definition) is 2. The van der Waals surface area contributed by atoms with Gasteiger partial charge in [0.1, 0.15) is 5.01 Å². The number of aromatic nitrogens is 1. The molecule has 1 aromatic heterocycles. The molecular formula is C14H25Cl2N3OS. The Morgan fingerprint density at radius 2 is 2.10 bits per heavy atom. The summed E-state index contributed by atoms with van der Waals surface area (Å²) in [5.74, 6) is -0.0309. The Labute approximate surface area is 143 Å². The number of carbonyl (C=O) groups is 1. The van der Waals surface area contributed by atoms with Crippen LogP contribution in [-0.2, 0) is 10.3 Å². The number of nitrogens with zero attached hydrogens (tertiary/aromatic N) is 1. The quantitative estimate of drug-likeness (QED) is 0.852. The van der Waals surface area contributed by atoms with Gasteiger partial charge in [-0.25, -0.2) is 4.98 Å². The van der Waals surface area contributed by atoms with E-state index in [0.29, 0.717) is 0 Å². The maximum Gasteiger partial charge on any atom is 0.237 e. The van der Waals surface area contributed by atoms with E-state index in [0.717, 1.165) is 49.2 Å². The predicted octanol–water partition coefficient (Wildman–Crippen LogP) is 3.31. The largest absolute Gasteiger partial charge is 0.343 e. The molecule has 1 aromatic rings. The Balaban J connectivity index is 0.00000200. The van der Waals surface area contributed by atoms with Crippen LogP contribution in [0.15, 0.2) is 5.38 Å². The van der Waals surface area contributed by atoms with Crippen LogP contribution in [0.2, 0.25) is 0 Å². The molecule has 1 unspecified atom stereocenters. The Hall–Kier alpha value is -0.360. The summed E-state index contributed by atoms with van der Waals surface area (Å²) < 4.78 is 0. The third kappa shape index (κ3) is 4.81. The Bertz CT molecular complexity index is 447. The van der Waals surface area contributed by atoms with Crippen LogP contribution in [0.25, 0.3) is 0 Å². The van der Waals surface area contributed by atoms with Crippen LogP contribution in [0, 0.1) is 6.92 Å². The minimum Gasteiger partial charge on any atom is -0.343 e. The molecule has 7 heteroatoms. The Morgan fingerprint density at radius 1 is 1.48 bits per heavy atom. The van der Waals surface area contributed by atoms with Gasteiger partial charge in [-0.05, 0) is 26.2 Å². The van der Waals surface area contributed by atoms with Gasteiger partial charge in [0.2, 0.25) is 5.91 Å². The minimum atomic E-state index is -0.400. The Morgan fingerprint density at radius 3 is 2.57 bits per heavy atom. The number of nitrogens with two attached hydrogens (primary N) is 1. The van der Waals surface area contributed by atoms with Crippen molar-refractivity contribution in [1.82, 2.24) is 10.3 Å². The van der Waals surface area contributed by atoms with Crippen LogP contribution in [0.5, 0.6) is 0 Å². The zero-order chi connectivity index (χ0) is 13.9. The lowest BCUT2D eigenvalue weighted by molar-refractivity contribution is -0.124. The van der Waals surface area contributed by atoms with Gasteiger partial charge in [-0.1, -0.05) is 26.2 Å². The SMILES string of the molecule is CCCC(N)C(=O)NC1(c2nc(C)cs2)CCCC1.Cl.Cl. The normalized spacial score (nSPS) is 17.5. The zero-order valence-electron chi connectivity index (χ0n) is 12.6. The molecule has 3 N–H and O–H groups in total. The summed E-state index contributed by atoms with van der Waals surface area (Å²) >= 11 is 1.65. The Kier molecular flexibility index (Phi) is 8.78. The summed E-state index contributed by atoms with van der Waals surface area (Å²) in [5.41, 5.74) is 6.68. The van der Waals surface area contributed by atoms with Gasteiger partial charge in [0.05, 0.1) is 11.6 Å². The van der Waals surface area contributed by atoms with Gasteiger partial charge in [-0.3, -0.25) is 4.79 Å². The number of amides is 1. The van der Waals surface area contributed by atoms with Crippen molar-refractivity contribution in [3.63, 3.8) is 0 Å². The standard InChI is InChI=1S/C14H23N3OS.2ClH/c1-3-6-11(15)12(18)17-14(7-4-5-8-14)13-16-10(2)9-19-13;;/h9,11H,3-8,15H2,1-2H3,(H,17,18);2*1H. The highest BCUT2D eigenvalue weighted by Crippen LogP contribution is 2.40. The molecule has 0 radical (unpaired) electrons. The average molecular weight is 354 g/mol. The molecular weight excluding hydrogens is 329 g/mol. The first-order valence-corrected chi connectivity index (χ1v) is 7.95. The summed E-state index contributed by atoms with van der Waals surface area (Å²) in [5, 5.41) is 6.28. The highest BCUT2D eigenvalue weighted by atomic mass is 35.5. The molecule has 1 fully saturated rings. The summed E-state index contributed by atoms with van der Waals surface area (Å²) in [7, 11) is 0. The molecule has 1 amide bonds. The molecule has 2 rings (SSSR count). The van der Waals surface area contributed by atoms with E-state index < -0.39 is 6.04 Å². The first-order chi connectivity index (χ1) is 9.07. The van der Waals surface area contributed by atoms with Gasteiger partial charge in [-0.2, -0.15) is 0 Å². The van der Waals surface area contributed by atoms with Gasteiger partial charge in [0.15, 0.2) is 0 Å². The molecule has 1 heterocycles. The van der Waals surface area contributed by atoms with Crippen LogP contribution < -0.4 is 11.1 Å². The number of hydrogen-bond acceptors (Lipinski definition) is 4. The summed E-state index contributed by atoms with van der Waals surface area (Å²) in [6.07, 6.45) is 5.90. The smallest absolute Gasteiger partial charge is 0.237 e. The second-order valence-electron chi connectivity index (χ2n) is 5.47. The van der Waals surface area contributed by atoms with E-state index in [1.54, 1.807) is 11.3 Å². The second kappa shape index (κ2) is 8.93. The molecule has 0 spiro atoms. The molecule has 0 saturated heterocycles. The van der Waals surface area contributed by atoms with E-state index >= 15 is 0 Å². The molecule has 21 heavy (non-hydrogen) atoms. The molecule has 122 valence electrons. The van der Waals surface area contributed by atoms with Crippen molar-refractivity contribution in [2.24, 2.45) is 5.73 Å². The fourth-order valence-corrected chi connectivity index (χ4v) is 3.73. The molecule has 1 aliphatic carbocycles. The van der Waals surface area contributed by atoms with Crippen LogP contribution >= 0.6 is 36.2 Å². The van der Waals surface area contributed by atoms with Crippen LogP contribution in [0.3, 0.4) is 0 Å². The third-order valence-corrected chi connectivity index (χ3v) is 4.95. The van der Waals surface area contributed by atoms with E-state index in [4.69, 9.17) is 5.73 Å². The van der Waals surface area contributed by atoms with Crippen LogP contribution in [-0.4, -0.2) is 16.9 Å². The van der Waals surface area contributed by atoms with Crippen molar-refractivity contribution in [3.05, 3.63) is 16.1 Å². The third-order valence-electron chi connectivity index (χ3n) is 3.78. The number of halogens is 2. The topological polar surface area (TPSA) is 68.0 Å². The van der Waals surface area contributed by atoms with Gasteiger partial charge in [0, 0.05) is 11.1 Å². The highest BCUT2D eigenvalue weighted by Gasteiger charge is 2.40. The summed E-state index contributed by atoms with van der Waals surface area (Å²) in [6.45, 7) is 4.04. The zero-order valence-corrected chi connectivity index (χ0v) is 15.0. The van der Waals surface area contributed by atoms with E-state index in [1.165, 1.54) is 0 Å². The number of aryl methyl sites for hydroxylation is 1. The van der Waals surface area contributed by atoms with Crippen molar-refractivity contribution in [3.8, 4) is 0 Å².